The van der Waals surface area contributed by atoms with Crippen LogP contribution in [0.5, 0.6) is 0 Å². The van der Waals surface area contributed by atoms with E-state index in [1.165, 1.54) is 6.92 Å². The molecule has 2 aliphatic rings. The topological polar surface area (TPSA) is 83.3 Å². The number of esters is 3. The third-order valence-corrected chi connectivity index (χ3v) is 12.4. The molecular weight excluding hydrogens is 705 g/mol. The first-order valence-corrected chi connectivity index (χ1v) is 19.4. The van der Waals surface area contributed by atoms with Crippen LogP contribution >= 0.6 is 24.0 Å². The highest BCUT2D eigenvalue weighted by Gasteiger charge is 2.54. The number of rotatable bonds is 19. The van der Waals surface area contributed by atoms with Crippen LogP contribution in [-0.2, 0) is 28.6 Å². The highest BCUT2D eigenvalue weighted by Crippen LogP contribution is 2.48. The molecule has 0 aliphatic heterocycles. The zero-order valence-corrected chi connectivity index (χ0v) is 33.0. The number of thiocarbonyl (C=S) groups is 1. The molecule has 0 amide bonds. The summed E-state index contributed by atoms with van der Waals surface area (Å²) in [6.07, 6.45) is 8.93. The molecule has 0 aromatic heterocycles. The van der Waals surface area contributed by atoms with Crippen LogP contribution in [0, 0.1) is 29.7 Å². The molecule has 1 aromatic carbocycles. The summed E-state index contributed by atoms with van der Waals surface area (Å²) in [7, 11) is 0. The molecule has 7 nitrogen and oxygen atoms in total. The molecule has 1 aromatic rings. The highest BCUT2D eigenvalue weighted by molar-refractivity contribution is 8.25. The second-order valence-electron chi connectivity index (χ2n) is 15.6. The number of hydrogen-bond acceptors (Lipinski definition) is 8. The Bertz CT molecular complexity index is 1490. The van der Waals surface area contributed by atoms with Gasteiger partial charge in [-0.3, -0.25) is 14.4 Å². The van der Waals surface area contributed by atoms with Crippen LogP contribution in [0.2, 0.25) is 0 Å². The predicted molar refractivity (Wildman–Crippen MR) is 206 cm³/mol. The van der Waals surface area contributed by atoms with Crippen molar-refractivity contribution in [2.24, 2.45) is 23.2 Å². The fourth-order valence-corrected chi connectivity index (χ4v) is 9.57. The minimum atomic E-state index is -3.30. The van der Waals surface area contributed by atoms with Crippen molar-refractivity contribution in [1.82, 2.24) is 0 Å². The maximum Gasteiger partial charge on any atom is 0.322 e. The summed E-state index contributed by atoms with van der Waals surface area (Å²) in [5, 5.41) is 0. The van der Waals surface area contributed by atoms with Crippen molar-refractivity contribution in [3.63, 3.8) is 0 Å². The molecule has 0 bridgehead atoms. The number of nitrogens with zero attached hydrogens (tertiary/aromatic N) is 1. The zero-order chi connectivity index (χ0) is 38.8. The van der Waals surface area contributed by atoms with E-state index in [4.69, 9.17) is 33.0 Å². The minimum Gasteiger partial charge on any atom is -0.465 e. The second-order valence-corrected chi connectivity index (χ2v) is 17.8. The van der Waals surface area contributed by atoms with E-state index in [0.717, 1.165) is 37.4 Å². The van der Waals surface area contributed by atoms with E-state index in [1.807, 2.05) is 49.4 Å². The monoisotopic (exact) mass is 759 g/mol. The van der Waals surface area contributed by atoms with Gasteiger partial charge in [-0.2, -0.15) is 0 Å². The van der Waals surface area contributed by atoms with Crippen molar-refractivity contribution >= 4 is 46.1 Å². The number of ether oxygens (including phenoxy) is 3. The van der Waals surface area contributed by atoms with E-state index in [9.17, 15) is 23.2 Å². The zero-order valence-electron chi connectivity index (χ0n) is 31.3. The Hall–Kier alpha value is -3.10. The summed E-state index contributed by atoms with van der Waals surface area (Å²) in [6.45, 7) is 22.4. The van der Waals surface area contributed by atoms with Gasteiger partial charge in [0.1, 0.15) is 10.3 Å². The quantitative estimate of drug-likeness (QED) is 0.0453. The van der Waals surface area contributed by atoms with E-state index in [-0.39, 0.29) is 44.1 Å². The molecule has 286 valence electrons. The van der Waals surface area contributed by atoms with Gasteiger partial charge in [-0.15, -0.1) is 13.2 Å². The Morgan fingerprint density at radius 2 is 1.67 bits per heavy atom. The van der Waals surface area contributed by atoms with E-state index < -0.39 is 51.7 Å². The molecule has 6 unspecified atom stereocenters. The fourth-order valence-electron chi connectivity index (χ4n) is 7.70. The summed E-state index contributed by atoms with van der Waals surface area (Å²) in [5.74, 6) is -4.67. The van der Waals surface area contributed by atoms with Crippen molar-refractivity contribution in [2.75, 3.05) is 13.2 Å². The van der Waals surface area contributed by atoms with Crippen LogP contribution in [0.25, 0.3) is 4.85 Å². The van der Waals surface area contributed by atoms with Gasteiger partial charge in [0, 0.05) is 26.7 Å². The lowest BCUT2D eigenvalue weighted by atomic mass is 9.71. The number of benzene rings is 1. The predicted octanol–water partition coefficient (Wildman–Crippen LogP) is 10.1. The van der Waals surface area contributed by atoms with Crippen LogP contribution in [0.15, 0.2) is 55.6 Å². The summed E-state index contributed by atoms with van der Waals surface area (Å²) in [5.41, 5.74) is -2.92. The van der Waals surface area contributed by atoms with Gasteiger partial charge < -0.3 is 19.1 Å². The van der Waals surface area contributed by atoms with Crippen LogP contribution in [0.3, 0.4) is 0 Å². The Kier molecular flexibility index (Phi) is 15.2. The number of hydrogen-bond donors (Lipinski definition) is 0. The second kappa shape index (κ2) is 18.3. The van der Waals surface area contributed by atoms with Crippen LogP contribution in [0.1, 0.15) is 111 Å². The van der Waals surface area contributed by atoms with Crippen LogP contribution < -0.4 is 0 Å². The molecule has 0 spiro atoms. The molecular formula is C41H55F2NO6S2. The lowest BCUT2D eigenvalue weighted by Gasteiger charge is -2.40. The first-order valence-electron chi connectivity index (χ1n) is 18.2. The lowest BCUT2D eigenvalue weighted by Crippen LogP contribution is -2.48. The molecule has 3 rings (SSSR count). The molecule has 0 N–H and O–H groups in total. The largest absolute Gasteiger partial charge is 0.465 e. The van der Waals surface area contributed by atoms with E-state index in [0.29, 0.717) is 41.9 Å². The van der Waals surface area contributed by atoms with Crippen molar-refractivity contribution < 1.29 is 37.4 Å². The normalized spacial score (nSPS) is 23.2. The average Bonchev–Trinajstić information content (AvgIpc) is 3.75. The van der Waals surface area contributed by atoms with Gasteiger partial charge in [-0.1, -0.05) is 73.4 Å². The Balaban J connectivity index is 1.90. The number of thioether (sulfide) groups is 1. The van der Waals surface area contributed by atoms with Gasteiger partial charge in [-0.25, -0.2) is 15.4 Å². The van der Waals surface area contributed by atoms with Gasteiger partial charge >= 0.3 is 17.9 Å². The third kappa shape index (κ3) is 12.0. The summed E-state index contributed by atoms with van der Waals surface area (Å²) in [4.78, 5) is 45.2. The first kappa shape index (κ1) is 43.3. The molecule has 6 atom stereocenters. The fraction of sp³-hybridized carbons (Fsp3) is 0.634. The first-order chi connectivity index (χ1) is 24.3. The molecule has 0 radical (unpaired) electrons. The molecule has 2 aliphatic carbocycles. The standard InChI is InChI=1S/C41H55F2NO6S2/c1-9-29-23-30(10-2)32(24-29)25-48-33(45)19-22-38(5,44-8)26-37(4,35(46)49-28-40(7,42)43)27-39(6,52-34(51)31-17-13-12-14-18-31)36(47)50-41(11-3)20-15-16-21-41/h9-10,12-14,17-18,29-30,32H,1-2,11,15-16,19-28H2,3-7H3. The number of carbonyl (C=O) groups is 3. The van der Waals surface area contributed by atoms with Crippen LogP contribution in [-0.4, -0.2) is 57.1 Å². The van der Waals surface area contributed by atoms with Crippen LogP contribution in [0.4, 0.5) is 8.78 Å². The molecule has 2 fully saturated rings. The van der Waals surface area contributed by atoms with Gasteiger partial charge in [0.25, 0.3) is 5.92 Å². The molecule has 2 saturated carbocycles. The molecule has 0 saturated heterocycles. The summed E-state index contributed by atoms with van der Waals surface area (Å²) >= 11 is 6.89. The van der Waals surface area contributed by atoms with Crippen molar-refractivity contribution in [2.45, 2.75) is 127 Å². The van der Waals surface area contributed by atoms with Gasteiger partial charge in [0.15, 0.2) is 6.61 Å². The van der Waals surface area contributed by atoms with Gasteiger partial charge in [-0.05, 0) is 88.5 Å². The third-order valence-electron chi connectivity index (χ3n) is 10.7. The maximum atomic E-state index is 14.4. The van der Waals surface area contributed by atoms with E-state index >= 15 is 0 Å². The summed E-state index contributed by atoms with van der Waals surface area (Å²) < 4.78 is 44.1. The minimum absolute atomic E-state index is 0.0304. The molecule has 11 heteroatoms. The Morgan fingerprint density at radius 1 is 1.02 bits per heavy atom. The maximum absolute atomic E-state index is 14.4. The Morgan fingerprint density at radius 3 is 2.23 bits per heavy atom. The summed E-state index contributed by atoms with van der Waals surface area (Å²) in [6, 6.07) is 9.13. The number of carbonyl (C=O) groups excluding carboxylic acids is 3. The van der Waals surface area contributed by atoms with Crippen molar-refractivity contribution in [3.8, 4) is 0 Å². The van der Waals surface area contributed by atoms with E-state index in [1.54, 1.807) is 13.8 Å². The Labute approximate surface area is 318 Å². The molecule has 52 heavy (non-hydrogen) atoms. The highest BCUT2D eigenvalue weighted by atomic mass is 32.2. The number of halogens is 2. The number of alkyl halides is 2. The van der Waals surface area contributed by atoms with Crippen molar-refractivity contribution in [1.29, 1.82) is 0 Å². The van der Waals surface area contributed by atoms with Gasteiger partial charge in [0.05, 0.1) is 22.6 Å². The average molecular weight is 760 g/mol. The SMILES string of the molecule is [C-]#[N+]C(C)(CCC(=O)OCC1CC(C=C)CC1C=C)CC(C)(CC(C)(SC(=S)c1ccccc1)C(=O)OC1(CC)CCCC1)C(=O)OCC(C)(F)F. The lowest BCUT2D eigenvalue weighted by molar-refractivity contribution is -0.170. The molecule has 0 heterocycles. The van der Waals surface area contributed by atoms with E-state index in [2.05, 4.69) is 18.0 Å². The smallest absolute Gasteiger partial charge is 0.322 e. The number of allylic oxidation sites excluding steroid dienone is 2. The van der Waals surface area contributed by atoms with Crippen molar-refractivity contribution in [3.05, 3.63) is 72.6 Å². The van der Waals surface area contributed by atoms with Gasteiger partial charge in [0.2, 0.25) is 5.54 Å².